The van der Waals surface area contributed by atoms with Gasteiger partial charge >= 0.3 is 0 Å². The molecule has 3 rings (SSSR count). The molecule has 1 aromatic heterocycles. The fourth-order valence-electron chi connectivity index (χ4n) is 3.52. The highest BCUT2D eigenvalue weighted by molar-refractivity contribution is 6.30. The maximum absolute atomic E-state index is 15.2. The molecule has 7 heteroatoms. The summed E-state index contributed by atoms with van der Waals surface area (Å²) in [7, 11) is 1.44. The third-order valence-corrected chi connectivity index (χ3v) is 5.08. The van der Waals surface area contributed by atoms with Crippen molar-refractivity contribution in [1.29, 1.82) is 0 Å². The average molecular weight is 417 g/mol. The van der Waals surface area contributed by atoms with E-state index in [0.29, 0.717) is 46.1 Å². The average Bonchev–Trinajstić information content (AvgIpc) is 3.05. The van der Waals surface area contributed by atoms with Gasteiger partial charge in [-0.05, 0) is 43.2 Å². The molecule has 0 atom stereocenters. The first-order valence-corrected chi connectivity index (χ1v) is 9.65. The summed E-state index contributed by atoms with van der Waals surface area (Å²) in [6, 6.07) is 9.30. The Morgan fingerprint density at radius 3 is 2.45 bits per heavy atom. The number of halogens is 2. The Morgan fingerprint density at radius 2 is 1.93 bits per heavy atom. The molecule has 1 heterocycles. The molecule has 0 N–H and O–H groups in total. The third kappa shape index (κ3) is 3.60. The standard InChI is InChI=1S/C22H22ClFN2O3/c1-5-25(12-27)21-17-10-16(29-4)11-18(24)20(17)26(19(21)13(2)3)22(28)14-6-8-15(23)9-7-14/h6-13H,5H2,1-4H3. The number of anilines is 1. The summed E-state index contributed by atoms with van der Waals surface area (Å²) < 4.78 is 21.8. The van der Waals surface area contributed by atoms with Gasteiger partial charge in [-0.15, -0.1) is 0 Å². The minimum Gasteiger partial charge on any atom is -0.497 e. The topological polar surface area (TPSA) is 51.5 Å². The van der Waals surface area contributed by atoms with Gasteiger partial charge in [-0.2, -0.15) is 0 Å². The van der Waals surface area contributed by atoms with Gasteiger partial charge in [0.2, 0.25) is 6.41 Å². The second-order valence-corrected chi connectivity index (χ2v) is 7.37. The number of benzene rings is 2. The molecule has 0 aliphatic heterocycles. The predicted octanol–water partition coefficient (Wildman–Crippen LogP) is 5.24. The van der Waals surface area contributed by atoms with Crippen LogP contribution in [0.15, 0.2) is 36.4 Å². The lowest BCUT2D eigenvalue weighted by molar-refractivity contribution is -0.107. The van der Waals surface area contributed by atoms with Crippen molar-refractivity contribution >= 4 is 40.5 Å². The summed E-state index contributed by atoms with van der Waals surface area (Å²) >= 11 is 5.94. The van der Waals surface area contributed by atoms with Gasteiger partial charge in [-0.3, -0.25) is 14.2 Å². The SMILES string of the molecule is CCN(C=O)c1c(C(C)C)n(C(=O)c2ccc(Cl)cc2)c2c(F)cc(OC)cc12. The van der Waals surface area contributed by atoms with E-state index in [1.165, 1.54) is 22.6 Å². The fraction of sp³-hybridized carbons (Fsp3) is 0.273. The number of rotatable bonds is 6. The first kappa shape index (κ1) is 20.9. The maximum atomic E-state index is 15.2. The summed E-state index contributed by atoms with van der Waals surface area (Å²) in [4.78, 5) is 26.7. The second-order valence-electron chi connectivity index (χ2n) is 6.93. The van der Waals surface area contributed by atoms with Crippen LogP contribution in [-0.4, -0.2) is 30.5 Å². The number of carbonyl (C=O) groups is 2. The van der Waals surface area contributed by atoms with Crippen molar-refractivity contribution in [3.63, 3.8) is 0 Å². The second kappa shape index (κ2) is 8.25. The highest BCUT2D eigenvalue weighted by Gasteiger charge is 2.29. The van der Waals surface area contributed by atoms with Gasteiger partial charge in [0.05, 0.1) is 24.0 Å². The molecule has 0 aliphatic rings. The van der Waals surface area contributed by atoms with E-state index in [0.717, 1.165) is 0 Å². The Kier molecular flexibility index (Phi) is 5.94. The molecule has 152 valence electrons. The van der Waals surface area contributed by atoms with Crippen LogP contribution in [0.5, 0.6) is 5.75 Å². The van der Waals surface area contributed by atoms with Crippen LogP contribution in [0.4, 0.5) is 10.1 Å². The van der Waals surface area contributed by atoms with E-state index in [1.807, 2.05) is 20.8 Å². The largest absolute Gasteiger partial charge is 0.497 e. The molecule has 0 saturated heterocycles. The summed E-state index contributed by atoms with van der Waals surface area (Å²) in [6.45, 7) is 5.99. The lowest BCUT2D eigenvalue weighted by atomic mass is 10.1. The van der Waals surface area contributed by atoms with Crippen LogP contribution >= 0.6 is 11.6 Å². The van der Waals surface area contributed by atoms with E-state index in [1.54, 1.807) is 30.3 Å². The van der Waals surface area contributed by atoms with Gasteiger partial charge in [0.25, 0.3) is 5.91 Å². The van der Waals surface area contributed by atoms with Crippen LogP contribution in [-0.2, 0) is 4.79 Å². The molecule has 0 fully saturated rings. The fourth-order valence-corrected chi connectivity index (χ4v) is 3.64. The van der Waals surface area contributed by atoms with Crippen molar-refractivity contribution in [2.24, 2.45) is 0 Å². The number of carbonyl (C=O) groups excluding carboxylic acids is 2. The Morgan fingerprint density at radius 1 is 1.28 bits per heavy atom. The smallest absolute Gasteiger partial charge is 0.262 e. The van der Waals surface area contributed by atoms with Gasteiger partial charge in [0.15, 0.2) is 5.82 Å². The van der Waals surface area contributed by atoms with Gasteiger partial charge in [0, 0.05) is 28.6 Å². The van der Waals surface area contributed by atoms with Crippen LogP contribution in [0.2, 0.25) is 5.02 Å². The number of hydrogen-bond donors (Lipinski definition) is 0. The molecule has 0 bridgehead atoms. The van der Waals surface area contributed by atoms with E-state index < -0.39 is 11.7 Å². The Bertz CT molecular complexity index is 1070. The molecule has 0 saturated carbocycles. The molecule has 29 heavy (non-hydrogen) atoms. The van der Waals surface area contributed by atoms with Crippen LogP contribution < -0.4 is 9.64 Å². The van der Waals surface area contributed by atoms with Gasteiger partial charge in [0.1, 0.15) is 5.75 Å². The van der Waals surface area contributed by atoms with Crippen LogP contribution in [0.1, 0.15) is 42.7 Å². The van der Waals surface area contributed by atoms with Crippen LogP contribution in [0, 0.1) is 5.82 Å². The zero-order valence-electron chi connectivity index (χ0n) is 16.7. The molecular weight excluding hydrogens is 395 g/mol. The molecule has 5 nitrogen and oxygen atoms in total. The van der Waals surface area contributed by atoms with Crippen molar-refractivity contribution < 1.29 is 18.7 Å². The lowest BCUT2D eigenvalue weighted by Crippen LogP contribution is -2.23. The normalized spacial score (nSPS) is 11.1. The van der Waals surface area contributed by atoms with Crippen molar-refractivity contribution in [2.75, 3.05) is 18.6 Å². The quantitative estimate of drug-likeness (QED) is 0.516. The Hall–Kier alpha value is -2.86. The summed E-state index contributed by atoms with van der Waals surface area (Å²) in [5.74, 6) is -0.845. The summed E-state index contributed by atoms with van der Waals surface area (Å²) in [5, 5.41) is 0.944. The minimum absolute atomic E-state index is 0.116. The zero-order chi connectivity index (χ0) is 21.3. The first-order chi connectivity index (χ1) is 13.8. The number of fused-ring (bicyclic) bond motifs is 1. The first-order valence-electron chi connectivity index (χ1n) is 9.28. The molecule has 0 unspecified atom stereocenters. The third-order valence-electron chi connectivity index (χ3n) is 4.83. The molecule has 0 spiro atoms. The maximum Gasteiger partial charge on any atom is 0.262 e. The Labute approximate surface area is 173 Å². The highest BCUT2D eigenvalue weighted by Crippen LogP contribution is 2.41. The molecule has 0 aliphatic carbocycles. The van der Waals surface area contributed by atoms with Crippen LogP contribution in [0.3, 0.4) is 0 Å². The van der Waals surface area contributed by atoms with E-state index in [2.05, 4.69) is 0 Å². The molecule has 0 radical (unpaired) electrons. The predicted molar refractivity (Wildman–Crippen MR) is 113 cm³/mol. The van der Waals surface area contributed by atoms with Crippen molar-refractivity contribution in [1.82, 2.24) is 4.57 Å². The van der Waals surface area contributed by atoms with Crippen LogP contribution in [0.25, 0.3) is 10.9 Å². The van der Waals surface area contributed by atoms with Gasteiger partial charge in [-0.1, -0.05) is 25.4 Å². The number of methoxy groups -OCH3 is 1. The summed E-state index contributed by atoms with van der Waals surface area (Å²) in [6.07, 6.45) is 0.690. The number of hydrogen-bond acceptors (Lipinski definition) is 3. The van der Waals surface area contributed by atoms with E-state index >= 15 is 4.39 Å². The van der Waals surface area contributed by atoms with Gasteiger partial charge < -0.3 is 9.64 Å². The zero-order valence-corrected chi connectivity index (χ0v) is 17.5. The minimum atomic E-state index is -0.600. The van der Waals surface area contributed by atoms with E-state index in [-0.39, 0.29) is 11.4 Å². The number of amides is 1. The highest BCUT2D eigenvalue weighted by atomic mass is 35.5. The van der Waals surface area contributed by atoms with Gasteiger partial charge in [-0.25, -0.2) is 4.39 Å². The summed E-state index contributed by atoms with van der Waals surface area (Å²) in [5.41, 5.74) is 1.54. The molecular formula is C22H22ClFN2O3. The number of ether oxygens (including phenoxy) is 1. The van der Waals surface area contributed by atoms with Crippen molar-refractivity contribution in [3.05, 3.63) is 58.5 Å². The molecule has 3 aromatic rings. The monoisotopic (exact) mass is 416 g/mol. The number of nitrogens with zero attached hydrogens (tertiary/aromatic N) is 2. The van der Waals surface area contributed by atoms with Crippen molar-refractivity contribution in [3.8, 4) is 5.75 Å². The molecule has 1 amide bonds. The number of aromatic nitrogens is 1. The lowest BCUT2D eigenvalue weighted by Gasteiger charge is -2.20. The Balaban J connectivity index is 2.44. The van der Waals surface area contributed by atoms with Crippen molar-refractivity contribution in [2.45, 2.75) is 26.7 Å². The van der Waals surface area contributed by atoms with E-state index in [4.69, 9.17) is 16.3 Å². The molecule has 2 aromatic carbocycles. The van der Waals surface area contributed by atoms with E-state index in [9.17, 15) is 9.59 Å².